The van der Waals surface area contributed by atoms with Gasteiger partial charge in [-0.2, -0.15) is 0 Å². The Morgan fingerprint density at radius 3 is 2.85 bits per heavy atom. The zero-order valence-corrected chi connectivity index (χ0v) is 13.7. The quantitative estimate of drug-likeness (QED) is 0.847. The van der Waals surface area contributed by atoms with Crippen molar-refractivity contribution in [1.82, 2.24) is 9.80 Å². The smallest absolute Gasteiger partial charge is 0.104 e. The highest BCUT2D eigenvalue weighted by Crippen LogP contribution is 2.25. The van der Waals surface area contributed by atoms with E-state index < -0.39 is 0 Å². The van der Waals surface area contributed by atoms with Crippen molar-refractivity contribution in [3.63, 3.8) is 0 Å². The predicted molar refractivity (Wildman–Crippen MR) is 89.3 cm³/mol. The number of halogens is 1. The van der Waals surface area contributed by atoms with Crippen LogP contribution in [-0.2, 0) is 6.54 Å². The highest BCUT2D eigenvalue weighted by molar-refractivity contribution is 7.80. The number of likely N-dealkylation sites (tertiary alicyclic amines) is 1. The molecule has 5 heteroatoms. The third kappa shape index (κ3) is 3.92. The van der Waals surface area contributed by atoms with E-state index in [1.165, 1.54) is 12.8 Å². The van der Waals surface area contributed by atoms with E-state index in [9.17, 15) is 0 Å². The fourth-order valence-electron chi connectivity index (χ4n) is 2.78. The van der Waals surface area contributed by atoms with Crippen LogP contribution in [0.5, 0.6) is 0 Å². The van der Waals surface area contributed by atoms with Gasteiger partial charge in [-0.3, -0.25) is 4.90 Å². The van der Waals surface area contributed by atoms with Crippen molar-refractivity contribution < 1.29 is 0 Å². The topological polar surface area (TPSA) is 32.5 Å². The van der Waals surface area contributed by atoms with Gasteiger partial charge in [0.2, 0.25) is 0 Å². The summed E-state index contributed by atoms with van der Waals surface area (Å²) in [5, 5.41) is 0.755. The predicted octanol–water partition coefficient (Wildman–Crippen LogP) is 2.50. The Morgan fingerprint density at radius 1 is 1.50 bits per heavy atom. The van der Waals surface area contributed by atoms with E-state index in [0.29, 0.717) is 11.0 Å². The van der Waals surface area contributed by atoms with E-state index in [4.69, 9.17) is 29.6 Å². The van der Waals surface area contributed by atoms with Gasteiger partial charge >= 0.3 is 0 Å². The summed E-state index contributed by atoms with van der Waals surface area (Å²) in [7, 11) is 4.25. The van der Waals surface area contributed by atoms with Crippen molar-refractivity contribution in [2.75, 3.05) is 27.2 Å². The number of likely N-dealkylation sites (N-methyl/N-ethyl adjacent to an activating group) is 1. The van der Waals surface area contributed by atoms with Crippen LogP contribution in [0.25, 0.3) is 0 Å². The SMILES string of the molecule is CN(C)CC1CCCN1Cc1ccc(C(N)=S)cc1Cl. The molecule has 20 heavy (non-hydrogen) atoms. The summed E-state index contributed by atoms with van der Waals surface area (Å²) in [6.45, 7) is 3.14. The van der Waals surface area contributed by atoms with Crippen molar-refractivity contribution in [1.29, 1.82) is 0 Å². The molecule has 0 saturated carbocycles. The number of benzene rings is 1. The Balaban J connectivity index is 2.07. The van der Waals surface area contributed by atoms with Gasteiger partial charge in [0.25, 0.3) is 0 Å². The number of nitrogens with two attached hydrogens (primary N) is 1. The molecule has 0 amide bonds. The molecule has 1 aliphatic rings. The van der Waals surface area contributed by atoms with Crippen molar-refractivity contribution in [2.45, 2.75) is 25.4 Å². The van der Waals surface area contributed by atoms with E-state index >= 15 is 0 Å². The molecule has 0 aliphatic carbocycles. The number of rotatable bonds is 5. The van der Waals surface area contributed by atoms with E-state index in [-0.39, 0.29) is 0 Å². The van der Waals surface area contributed by atoms with Crippen molar-refractivity contribution in [2.24, 2.45) is 5.73 Å². The second kappa shape index (κ2) is 6.85. The van der Waals surface area contributed by atoms with Gasteiger partial charge in [0, 0.05) is 29.7 Å². The lowest BCUT2D eigenvalue weighted by Gasteiger charge is -2.27. The molecule has 1 fully saturated rings. The Hall–Kier alpha value is -0.680. The number of nitrogens with zero attached hydrogens (tertiary/aromatic N) is 2. The number of hydrogen-bond donors (Lipinski definition) is 1. The Kier molecular flexibility index (Phi) is 5.38. The maximum atomic E-state index is 6.35. The second-order valence-electron chi connectivity index (χ2n) is 5.70. The fourth-order valence-corrected chi connectivity index (χ4v) is 3.15. The summed E-state index contributed by atoms with van der Waals surface area (Å²) in [6.07, 6.45) is 2.53. The van der Waals surface area contributed by atoms with Crippen LogP contribution in [0.1, 0.15) is 24.0 Å². The maximum Gasteiger partial charge on any atom is 0.104 e. The van der Waals surface area contributed by atoms with Gasteiger partial charge in [-0.15, -0.1) is 0 Å². The third-order valence-electron chi connectivity index (χ3n) is 3.79. The van der Waals surface area contributed by atoms with E-state index in [1.807, 2.05) is 18.2 Å². The summed E-state index contributed by atoms with van der Waals surface area (Å²) in [5.74, 6) is 0. The molecule has 2 rings (SSSR count). The van der Waals surface area contributed by atoms with Crippen LogP contribution < -0.4 is 5.73 Å². The van der Waals surface area contributed by atoms with Crippen LogP contribution in [0.4, 0.5) is 0 Å². The normalized spacial score (nSPS) is 19.7. The summed E-state index contributed by atoms with van der Waals surface area (Å²) < 4.78 is 0. The Labute approximate surface area is 131 Å². The highest BCUT2D eigenvalue weighted by Gasteiger charge is 2.25. The molecule has 1 unspecified atom stereocenters. The first kappa shape index (κ1) is 15.7. The third-order valence-corrected chi connectivity index (χ3v) is 4.37. The van der Waals surface area contributed by atoms with E-state index in [1.54, 1.807) is 0 Å². The van der Waals surface area contributed by atoms with Gasteiger partial charge in [0.05, 0.1) is 0 Å². The monoisotopic (exact) mass is 311 g/mol. The van der Waals surface area contributed by atoms with Crippen LogP contribution >= 0.6 is 23.8 Å². The molecule has 0 radical (unpaired) electrons. The summed E-state index contributed by atoms with van der Waals surface area (Å²) in [6, 6.07) is 6.50. The van der Waals surface area contributed by atoms with Crippen molar-refractivity contribution >= 4 is 28.8 Å². The maximum absolute atomic E-state index is 6.35. The zero-order valence-electron chi connectivity index (χ0n) is 12.1. The minimum atomic E-state index is 0.394. The molecule has 2 N–H and O–H groups in total. The first-order valence-corrected chi connectivity index (χ1v) is 7.73. The minimum absolute atomic E-state index is 0.394. The van der Waals surface area contributed by atoms with E-state index in [2.05, 4.69) is 23.9 Å². The van der Waals surface area contributed by atoms with Gasteiger partial charge in [-0.25, -0.2) is 0 Å². The van der Waals surface area contributed by atoms with Crippen LogP contribution in [0.3, 0.4) is 0 Å². The van der Waals surface area contributed by atoms with Crippen LogP contribution in [-0.4, -0.2) is 48.0 Å². The molecule has 1 aromatic carbocycles. The standard InChI is InChI=1S/C15H22ClN3S/c1-18(2)10-13-4-3-7-19(13)9-12-6-5-11(15(17)20)8-14(12)16/h5-6,8,13H,3-4,7,9-10H2,1-2H3,(H2,17,20). The lowest BCUT2D eigenvalue weighted by atomic mass is 10.1. The zero-order chi connectivity index (χ0) is 14.7. The molecule has 110 valence electrons. The van der Waals surface area contributed by atoms with Gasteiger partial charge < -0.3 is 10.6 Å². The van der Waals surface area contributed by atoms with E-state index in [0.717, 1.165) is 35.8 Å². The molecule has 3 nitrogen and oxygen atoms in total. The molecule has 0 aromatic heterocycles. The van der Waals surface area contributed by atoms with Crippen molar-refractivity contribution in [3.05, 3.63) is 34.3 Å². The van der Waals surface area contributed by atoms with Gasteiger partial charge in [-0.1, -0.05) is 36.0 Å². The molecule has 1 atom stereocenters. The molecule has 1 saturated heterocycles. The van der Waals surface area contributed by atoms with Gasteiger partial charge in [0.15, 0.2) is 0 Å². The lowest BCUT2D eigenvalue weighted by molar-refractivity contribution is 0.201. The van der Waals surface area contributed by atoms with Crippen LogP contribution in [0.15, 0.2) is 18.2 Å². The summed E-state index contributed by atoms with van der Waals surface area (Å²) >= 11 is 11.3. The first-order chi connectivity index (χ1) is 9.47. The number of hydrogen-bond acceptors (Lipinski definition) is 3. The van der Waals surface area contributed by atoms with Crippen LogP contribution in [0.2, 0.25) is 5.02 Å². The average Bonchev–Trinajstić information content (AvgIpc) is 2.78. The van der Waals surface area contributed by atoms with Crippen molar-refractivity contribution in [3.8, 4) is 0 Å². The molecule has 0 spiro atoms. The van der Waals surface area contributed by atoms with Gasteiger partial charge in [-0.05, 0) is 45.1 Å². The number of thiocarbonyl (C=S) groups is 1. The highest BCUT2D eigenvalue weighted by atomic mass is 35.5. The second-order valence-corrected chi connectivity index (χ2v) is 6.55. The largest absolute Gasteiger partial charge is 0.389 e. The minimum Gasteiger partial charge on any atom is -0.389 e. The Morgan fingerprint density at radius 2 is 2.25 bits per heavy atom. The molecular formula is C15H22ClN3S. The molecule has 1 heterocycles. The Bertz CT molecular complexity index is 490. The molecule has 1 aromatic rings. The molecule has 0 bridgehead atoms. The first-order valence-electron chi connectivity index (χ1n) is 6.94. The van der Waals surface area contributed by atoms with Gasteiger partial charge in [0.1, 0.15) is 4.99 Å². The summed E-state index contributed by atoms with van der Waals surface area (Å²) in [5.41, 5.74) is 7.61. The molecule has 1 aliphatic heterocycles. The lowest BCUT2D eigenvalue weighted by Crippen LogP contribution is -2.37. The van der Waals surface area contributed by atoms with Crippen LogP contribution in [0, 0.1) is 0 Å². The average molecular weight is 312 g/mol. The fraction of sp³-hybridized carbons (Fsp3) is 0.533. The molecular weight excluding hydrogens is 290 g/mol. The summed E-state index contributed by atoms with van der Waals surface area (Å²) in [4.78, 5) is 5.16.